The van der Waals surface area contributed by atoms with Gasteiger partial charge < -0.3 is 20.1 Å². The van der Waals surface area contributed by atoms with Crippen LogP contribution in [0.4, 0.5) is 0 Å². The van der Waals surface area contributed by atoms with Gasteiger partial charge in [0.2, 0.25) is 0 Å². The maximum absolute atomic E-state index is 5.14. The third-order valence-electron chi connectivity index (χ3n) is 2.66. The lowest BCUT2D eigenvalue weighted by atomic mass is 10.1. The first-order chi connectivity index (χ1) is 9.80. The van der Waals surface area contributed by atoms with Crippen LogP contribution < -0.4 is 10.6 Å². The van der Waals surface area contributed by atoms with Crippen LogP contribution in [0.15, 0.2) is 29.3 Å². The summed E-state index contributed by atoms with van der Waals surface area (Å²) in [6.45, 7) is 5.55. The molecule has 0 saturated heterocycles. The van der Waals surface area contributed by atoms with Crippen molar-refractivity contribution in [3.8, 4) is 0 Å². The smallest absolute Gasteiger partial charge is 0.191 e. The molecule has 1 aromatic rings. The summed E-state index contributed by atoms with van der Waals surface area (Å²) in [4.78, 5) is 4.55. The second-order valence-corrected chi connectivity index (χ2v) is 4.37. The molecule has 2 N–H and O–H groups in total. The first-order valence-electron chi connectivity index (χ1n) is 6.88. The highest BCUT2D eigenvalue weighted by Gasteiger charge is 1.98. The third kappa shape index (κ3) is 6.54. The number of guanidine groups is 1. The summed E-state index contributed by atoms with van der Waals surface area (Å²) in [5.74, 6) is 0.807. The minimum Gasteiger partial charge on any atom is -0.383 e. The Morgan fingerprint density at radius 2 is 1.95 bits per heavy atom. The summed E-state index contributed by atoms with van der Waals surface area (Å²) in [6.07, 6.45) is 0. The monoisotopic (exact) mass is 279 g/mol. The first kappa shape index (κ1) is 16.5. The molecule has 0 aliphatic heterocycles. The van der Waals surface area contributed by atoms with Crippen molar-refractivity contribution in [2.75, 3.05) is 33.9 Å². The molecule has 0 heterocycles. The minimum absolute atomic E-state index is 0.629. The number of methoxy groups -OCH3 is 2. The Morgan fingerprint density at radius 3 is 2.65 bits per heavy atom. The zero-order chi connectivity index (χ0) is 14.6. The van der Waals surface area contributed by atoms with Crippen molar-refractivity contribution in [3.05, 3.63) is 35.4 Å². The summed E-state index contributed by atoms with van der Waals surface area (Å²) in [5, 5.41) is 6.43. The van der Waals surface area contributed by atoms with Gasteiger partial charge in [-0.2, -0.15) is 0 Å². The van der Waals surface area contributed by atoms with Crippen LogP contribution in [0.3, 0.4) is 0 Å². The van der Waals surface area contributed by atoms with E-state index in [4.69, 9.17) is 9.47 Å². The Balaban J connectivity index is 2.58. The molecule has 1 aromatic carbocycles. The topological polar surface area (TPSA) is 54.9 Å². The normalized spacial score (nSPS) is 11.4. The van der Waals surface area contributed by atoms with Crippen LogP contribution in [-0.4, -0.2) is 39.9 Å². The molecule has 0 radical (unpaired) electrons. The van der Waals surface area contributed by atoms with Gasteiger partial charge in [0.05, 0.1) is 19.8 Å². The van der Waals surface area contributed by atoms with Crippen LogP contribution in [-0.2, 0) is 22.6 Å². The Kier molecular flexibility index (Phi) is 8.42. The van der Waals surface area contributed by atoms with Gasteiger partial charge in [-0.3, -0.25) is 0 Å². The average Bonchev–Trinajstić information content (AvgIpc) is 2.46. The molecule has 0 fully saturated rings. The summed E-state index contributed by atoms with van der Waals surface area (Å²) in [5.41, 5.74) is 2.33. The molecule has 20 heavy (non-hydrogen) atoms. The van der Waals surface area contributed by atoms with E-state index in [0.717, 1.165) is 24.6 Å². The van der Waals surface area contributed by atoms with Crippen LogP contribution in [0.1, 0.15) is 18.1 Å². The SMILES string of the molecule is CCNC(=NCc1cccc(COC)c1)NCCOC. The standard InChI is InChI=1S/C15H25N3O2/c1-4-16-15(17-8-9-19-2)18-11-13-6-5-7-14(10-13)12-20-3/h5-7,10H,4,8-9,11-12H2,1-3H3,(H2,16,17,18). The van der Waals surface area contributed by atoms with Gasteiger partial charge >= 0.3 is 0 Å². The van der Waals surface area contributed by atoms with Gasteiger partial charge in [-0.25, -0.2) is 4.99 Å². The van der Waals surface area contributed by atoms with E-state index >= 15 is 0 Å². The van der Waals surface area contributed by atoms with Crippen molar-refractivity contribution in [3.63, 3.8) is 0 Å². The summed E-state index contributed by atoms with van der Waals surface area (Å²) in [6, 6.07) is 8.27. The highest BCUT2D eigenvalue weighted by molar-refractivity contribution is 5.79. The number of nitrogens with one attached hydrogen (secondary N) is 2. The predicted molar refractivity (Wildman–Crippen MR) is 81.8 cm³/mol. The van der Waals surface area contributed by atoms with Gasteiger partial charge in [0.1, 0.15) is 0 Å². The van der Waals surface area contributed by atoms with Crippen LogP contribution >= 0.6 is 0 Å². The Labute approximate surface area is 121 Å². The van der Waals surface area contributed by atoms with E-state index in [1.54, 1.807) is 14.2 Å². The summed E-state index contributed by atoms with van der Waals surface area (Å²) >= 11 is 0. The van der Waals surface area contributed by atoms with Gasteiger partial charge in [-0.05, 0) is 18.1 Å². The molecule has 5 nitrogen and oxygen atoms in total. The molecule has 0 aliphatic rings. The van der Waals surface area contributed by atoms with E-state index < -0.39 is 0 Å². The van der Waals surface area contributed by atoms with E-state index in [1.165, 1.54) is 5.56 Å². The van der Waals surface area contributed by atoms with Gasteiger partial charge in [0, 0.05) is 27.3 Å². The van der Waals surface area contributed by atoms with Crippen LogP contribution in [0, 0.1) is 0 Å². The molecule has 0 amide bonds. The number of aliphatic imine (C=N–C) groups is 1. The molecule has 0 atom stereocenters. The number of nitrogens with zero attached hydrogens (tertiary/aromatic N) is 1. The van der Waals surface area contributed by atoms with Crippen molar-refractivity contribution in [1.29, 1.82) is 0 Å². The Hall–Kier alpha value is -1.59. The second-order valence-electron chi connectivity index (χ2n) is 4.37. The van der Waals surface area contributed by atoms with Crippen molar-refractivity contribution in [2.45, 2.75) is 20.1 Å². The van der Waals surface area contributed by atoms with E-state index in [1.807, 2.05) is 13.0 Å². The van der Waals surface area contributed by atoms with Gasteiger partial charge in [-0.15, -0.1) is 0 Å². The van der Waals surface area contributed by atoms with Gasteiger partial charge in [-0.1, -0.05) is 24.3 Å². The fraction of sp³-hybridized carbons (Fsp3) is 0.533. The molecule has 1 rings (SSSR count). The number of ether oxygens (including phenoxy) is 2. The van der Waals surface area contributed by atoms with E-state index in [9.17, 15) is 0 Å². The Bertz CT molecular complexity index is 408. The molecule has 0 unspecified atom stereocenters. The molecule has 0 aromatic heterocycles. The quantitative estimate of drug-likeness (QED) is 0.430. The molecular weight excluding hydrogens is 254 g/mol. The number of hydrogen-bond donors (Lipinski definition) is 2. The molecular formula is C15H25N3O2. The molecule has 112 valence electrons. The zero-order valence-electron chi connectivity index (χ0n) is 12.6. The number of benzene rings is 1. The molecule has 0 saturated carbocycles. The Morgan fingerprint density at radius 1 is 1.15 bits per heavy atom. The minimum atomic E-state index is 0.629. The number of rotatable bonds is 8. The average molecular weight is 279 g/mol. The number of hydrogen-bond acceptors (Lipinski definition) is 3. The lowest BCUT2D eigenvalue weighted by molar-refractivity contribution is 0.185. The van der Waals surface area contributed by atoms with Crippen molar-refractivity contribution in [1.82, 2.24) is 10.6 Å². The molecule has 5 heteroatoms. The highest BCUT2D eigenvalue weighted by atomic mass is 16.5. The van der Waals surface area contributed by atoms with Crippen LogP contribution in [0.25, 0.3) is 0 Å². The van der Waals surface area contributed by atoms with Gasteiger partial charge in [0.25, 0.3) is 0 Å². The van der Waals surface area contributed by atoms with E-state index in [0.29, 0.717) is 19.8 Å². The van der Waals surface area contributed by atoms with Crippen molar-refractivity contribution in [2.24, 2.45) is 4.99 Å². The van der Waals surface area contributed by atoms with Crippen molar-refractivity contribution >= 4 is 5.96 Å². The predicted octanol–water partition coefficient (Wildman–Crippen LogP) is 1.53. The fourth-order valence-corrected chi connectivity index (χ4v) is 1.77. The molecule has 0 aliphatic carbocycles. The van der Waals surface area contributed by atoms with E-state index in [2.05, 4.69) is 33.8 Å². The van der Waals surface area contributed by atoms with E-state index in [-0.39, 0.29) is 0 Å². The maximum Gasteiger partial charge on any atom is 0.191 e. The summed E-state index contributed by atoms with van der Waals surface area (Å²) in [7, 11) is 3.39. The highest BCUT2D eigenvalue weighted by Crippen LogP contribution is 2.07. The lowest BCUT2D eigenvalue weighted by Gasteiger charge is -2.11. The fourth-order valence-electron chi connectivity index (χ4n) is 1.77. The van der Waals surface area contributed by atoms with Crippen molar-refractivity contribution < 1.29 is 9.47 Å². The maximum atomic E-state index is 5.14. The zero-order valence-corrected chi connectivity index (χ0v) is 12.6. The summed E-state index contributed by atoms with van der Waals surface area (Å²) < 4.78 is 10.2. The second kappa shape index (κ2) is 10.2. The molecule has 0 bridgehead atoms. The largest absolute Gasteiger partial charge is 0.383 e. The van der Waals surface area contributed by atoms with Crippen LogP contribution in [0.2, 0.25) is 0 Å². The van der Waals surface area contributed by atoms with Crippen LogP contribution in [0.5, 0.6) is 0 Å². The first-order valence-corrected chi connectivity index (χ1v) is 6.88. The lowest BCUT2D eigenvalue weighted by Crippen LogP contribution is -2.38. The third-order valence-corrected chi connectivity index (χ3v) is 2.66. The molecule has 0 spiro atoms. The van der Waals surface area contributed by atoms with Gasteiger partial charge in [0.15, 0.2) is 5.96 Å².